The van der Waals surface area contributed by atoms with E-state index in [1.54, 1.807) is 4.57 Å². The summed E-state index contributed by atoms with van der Waals surface area (Å²) in [5, 5.41) is 4.83. The fourth-order valence-corrected chi connectivity index (χ4v) is 7.59. The predicted octanol–water partition coefficient (Wildman–Crippen LogP) is 1.68. The van der Waals surface area contributed by atoms with E-state index in [1.165, 1.54) is 6.07 Å². The average Bonchev–Trinajstić information content (AvgIpc) is 3.28. The van der Waals surface area contributed by atoms with Crippen LogP contribution in [0.4, 0.5) is 4.39 Å². The molecule has 208 valence electrons. The van der Waals surface area contributed by atoms with Gasteiger partial charge in [-0.25, -0.2) is 0 Å². The van der Waals surface area contributed by atoms with Crippen LogP contribution in [0.2, 0.25) is 0 Å². The molecule has 0 amide bonds. The van der Waals surface area contributed by atoms with Crippen LogP contribution in [0.3, 0.4) is 0 Å². The standard InChI is InChI=1S/C30H34FIN3O4/c1-6-16-18-9-24-27-19(11-35(24)28(36)20(18)12-38-29(16)37)26-22(33-13-30(3,4)14-39-32-5)8-7-17-15(2)21(31)10-23(34-27)25(17)26/h9-10,16,22,33H,6-8,11-14H2,1-5H3/q-1/t16?,22-/m0/s1. The van der Waals surface area contributed by atoms with E-state index in [0.29, 0.717) is 47.6 Å². The van der Waals surface area contributed by atoms with Gasteiger partial charge < -0.3 is 4.74 Å². The van der Waals surface area contributed by atoms with Gasteiger partial charge in [0.25, 0.3) is 0 Å². The van der Waals surface area contributed by atoms with Crippen LogP contribution in [0.5, 0.6) is 0 Å². The molecule has 2 atom stereocenters. The summed E-state index contributed by atoms with van der Waals surface area (Å²) in [5.74, 6) is -1.01. The van der Waals surface area contributed by atoms with Gasteiger partial charge in [0.15, 0.2) is 0 Å². The van der Waals surface area contributed by atoms with Gasteiger partial charge in [0, 0.05) is 0 Å². The van der Waals surface area contributed by atoms with Crippen molar-refractivity contribution in [2.75, 3.05) is 18.1 Å². The second kappa shape index (κ2) is 9.92. The number of fused-ring (bicyclic) bond motifs is 5. The second-order valence-corrected chi connectivity index (χ2v) is 13.2. The first kappa shape index (κ1) is 26.8. The molecular formula is C30H34FIN3O4-. The number of benzene rings is 1. The first-order chi connectivity index (χ1) is 18.6. The Kier molecular flexibility index (Phi) is 6.83. The van der Waals surface area contributed by atoms with Crippen molar-refractivity contribution in [2.24, 2.45) is 5.41 Å². The van der Waals surface area contributed by atoms with Gasteiger partial charge >= 0.3 is 204 Å². The summed E-state index contributed by atoms with van der Waals surface area (Å²) < 4.78 is 28.0. The number of hydrogen-bond donors (Lipinski definition) is 1. The Morgan fingerprint density at radius 3 is 2.79 bits per heavy atom. The van der Waals surface area contributed by atoms with Crippen molar-refractivity contribution in [2.45, 2.75) is 72.1 Å². The predicted molar refractivity (Wildman–Crippen MR) is 143 cm³/mol. The number of hydrogen-bond acceptors (Lipinski definition) is 6. The Hall–Kier alpha value is -2.37. The van der Waals surface area contributed by atoms with Crippen molar-refractivity contribution >= 4 is 16.9 Å². The van der Waals surface area contributed by atoms with Gasteiger partial charge in [-0.3, -0.25) is 4.79 Å². The minimum absolute atomic E-state index is 0.00169. The SMILES string of the molecule is CCC1C(=O)OCc2c1cc1n(c2=O)Cc2c-1nc1cc(F)c(C)c3c1c2[C@@H](NCC(C)(C)CO[I-]C)CC3. The molecule has 1 aliphatic carbocycles. The van der Waals surface area contributed by atoms with Crippen LogP contribution in [0.1, 0.15) is 79.0 Å². The van der Waals surface area contributed by atoms with Gasteiger partial charge in [0.2, 0.25) is 0 Å². The zero-order valence-corrected chi connectivity index (χ0v) is 25.2. The van der Waals surface area contributed by atoms with Crippen molar-refractivity contribution in [3.63, 3.8) is 0 Å². The van der Waals surface area contributed by atoms with Gasteiger partial charge in [0.1, 0.15) is 6.61 Å². The molecule has 2 aliphatic heterocycles. The van der Waals surface area contributed by atoms with Crippen LogP contribution in [0.25, 0.3) is 22.3 Å². The molecule has 6 rings (SSSR count). The third-order valence-electron chi connectivity index (χ3n) is 8.58. The van der Waals surface area contributed by atoms with E-state index in [2.05, 4.69) is 24.1 Å². The number of nitrogens with zero attached hydrogens (tertiary/aromatic N) is 2. The molecule has 1 aromatic carbocycles. The first-order valence-electron chi connectivity index (χ1n) is 13.6. The Labute approximate surface area is 238 Å². The molecule has 0 bridgehead atoms. The van der Waals surface area contributed by atoms with Crippen molar-refractivity contribution in [1.29, 1.82) is 0 Å². The number of aryl methyl sites for hydroxylation is 1. The quantitative estimate of drug-likeness (QED) is 0.187. The van der Waals surface area contributed by atoms with Crippen LogP contribution in [-0.4, -0.2) is 33.6 Å². The molecule has 0 saturated carbocycles. The molecule has 0 saturated heterocycles. The van der Waals surface area contributed by atoms with Gasteiger partial charge in [-0.1, -0.05) is 6.92 Å². The fraction of sp³-hybridized carbons (Fsp3) is 0.500. The molecule has 0 radical (unpaired) electrons. The van der Waals surface area contributed by atoms with E-state index in [0.717, 1.165) is 47.0 Å². The van der Waals surface area contributed by atoms with E-state index in [9.17, 15) is 9.59 Å². The molecule has 3 aliphatic rings. The van der Waals surface area contributed by atoms with Crippen LogP contribution in [0.15, 0.2) is 16.9 Å². The fourth-order valence-electron chi connectivity index (χ4n) is 6.43. The van der Waals surface area contributed by atoms with Gasteiger partial charge in [0.05, 0.1) is 5.92 Å². The van der Waals surface area contributed by atoms with Crippen molar-refractivity contribution in [3.05, 3.63) is 61.7 Å². The number of esters is 1. The van der Waals surface area contributed by atoms with Gasteiger partial charge in [-0.2, -0.15) is 0 Å². The van der Waals surface area contributed by atoms with Gasteiger partial charge in [-0.15, -0.1) is 0 Å². The third-order valence-corrected chi connectivity index (χ3v) is 9.51. The summed E-state index contributed by atoms with van der Waals surface area (Å²) in [7, 11) is 0. The summed E-state index contributed by atoms with van der Waals surface area (Å²) >= 11 is -0.236. The van der Waals surface area contributed by atoms with Crippen molar-refractivity contribution in [3.8, 4) is 11.4 Å². The Morgan fingerprint density at radius 2 is 2.05 bits per heavy atom. The number of pyridine rings is 2. The van der Waals surface area contributed by atoms with Crippen molar-refractivity contribution in [1.82, 2.24) is 14.9 Å². The first-order valence-corrected chi connectivity index (χ1v) is 16.6. The molecule has 9 heteroatoms. The molecule has 2 aromatic heterocycles. The summed E-state index contributed by atoms with van der Waals surface area (Å²) in [5.41, 5.74) is 6.98. The normalized spacial score (nSPS) is 19.7. The molecule has 39 heavy (non-hydrogen) atoms. The molecule has 0 fully saturated rings. The van der Waals surface area contributed by atoms with E-state index in [-0.39, 0.29) is 57.0 Å². The monoisotopic (exact) mass is 646 g/mol. The number of halogens is 2. The third kappa shape index (κ3) is 4.32. The van der Waals surface area contributed by atoms with Crippen LogP contribution in [-0.2, 0) is 32.2 Å². The summed E-state index contributed by atoms with van der Waals surface area (Å²) in [6.07, 6.45) is 2.15. The van der Waals surface area contributed by atoms with Crippen molar-refractivity contribution < 1.29 is 38.6 Å². The number of carbonyl (C=O) groups excluding carboxylic acids is 1. The Bertz CT molecular complexity index is 1580. The van der Waals surface area contributed by atoms with E-state index in [1.807, 2.05) is 19.9 Å². The summed E-state index contributed by atoms with van der Waals surface area (Å²) in [4.78, 5) is 33.3. The van der Waals surface area contributed by atoms with Crippen LogP contribution < -0.4 is 32.5 Å². The number of nitrogens with one attached hydrogen (secondary N) is 1. The molecule has 4 heterocycles. The number of alkyl halides is 1. The number of carbonyl (C=O) groups is 1. The maximum absolute atomic E-state index is 15.1. The molecule has 3 aromatic rings. The summed E-state index contributed by atoms with van der Waals surface area (Å²) in [6.45, 7) is 10.1. The van der Waals surface area contributed by atoms with E-state index in [4.69, 9.17) is 12.8 Å². The number of cyclic esters (lactones) is 1. The molecule has 7 nitrogen and oxygen atoms in total. The average molecular weight is 647 g/mol. The topological polar surface area (TPSA) is 82.5 Å². The minimum atomic E-state index is -0.466. The van der Waals surface area contributed by atoms with Gasteiger partial charge in [-0.05, 0) is 6.42 Å². The zero-order chi connectivity index (χ0) is 27.6. The number of ether oxygens (including phenoxy) is 1. The summed E-state index contributed by atoms with van der Waals surface area (Å²) in [6, 6.07) is 3.53. The van der Waals surface area contributed by atoms with Crippen LogP contribution in [0, 0.1) is 18.2 Å². The maximum atomic E-state index is 15.1. The molecule has 0 spiro atoms. The molecule has 1 N–H and O–H groups in total. The van der Waals surface area contributed by atoms with E-state index < -0.39 is 5.92 Å². The number of aromatic nitrogens is 2. The Morgan fingerprint density at radius 1 is 1.26 bits per heavy atom. The van der Waals surface area contributed by atoms with E-state index >= 15 is 4.39 Å². The molecular weight excluding hydrogens is 612 g/mol. The zero-order valence-electron chi connectivity index (χ0n) is 23.0. The number of rotatable bonds is 7. The van der Waals surface area contributed by atoms with Crippen LogP contribution >= 0.6 is 0 Å². The molecule has 1 unspecified atom stereocenters. The Balaban J connectivity index is 1.53. The second-order valence-electron chi connectivity index (χ2n) is 11.7.